The molecule has 19 heavy (non-hydrogen) atoms. The molecule has 1 aliphatic rings. The number of H-pyrrole nitrogens is 1. The van der Waals surface area contributed by atoms with Gasteiger partial charge in [-0.15, -0.1) is 0 Å². The first-order chi connectivity index (χ1) is 9.34. The highest BCUT2D eigenvalue weighted by Gasteiger charge is 2.28. The van der Waals surface area contributed by atoms with E-state index in [4.69, 9.17) is 12.2 Å². The summed E-state index contributed by atoms with van der Waals surface area (Å²) in [6.45, 7) is 0. The van der Waals surface area contributed by atoms with Crippen LogP contribution >= 0.6 is 12.2 Å². The molecule has 3 nitrogen and oxygen atoms in total. The predicted molar refractivity (Wildman–Crippen MR) is 78.6 cm³/mol. The van der Waals surface area contributed by atoms with Crippen molar-refractivity contribution in [3.8, 4) is 11.4 Å². The van der Waals surface area contributed by atoms with Gasteiger partial charge >= 0.3 is 0 Å². The van der Waals surface area contributed by atoms with Gasteiger partial charge in [-0.1, -0.05) is 42.5 Å². The Morgan fingerprint density at radius 1 is 1.11 bits per heavy atom. The number of nitrogens with zero attached hydrogens (tertiary/aromatic N) is 2. The molecule has 94 valence electrons. The second-order valence-corrected chi connectivity index (χ2v) is 5.37. The van der Waals surface area contributed by atoms with Gasteiger partial charge in [0.1, 0.15) is 0 Å². The fourth-order valence-electron chi connectivity index (χ4n) is 2.59. The molecule has 4 rings (SSSR count). The zero-order chi connectivity index (χ0) is 12.8. The molecule has 0 bridgehead atoms. The van der Waals surface area contributed by atoms with E-state index >= 15 is 0 Å². The van der Waals surface area contributed by atoms with Gasteiger partial charge in [-0.3, -0.25) is 9.67 Å². The molecule has 1 N–H and O–H groups in total. The minimum atomic E-state index is 0.528. The van der Waals surface area contributed by atoms with Gasteiger partial charge in [0.2, 0.25) is 0 Å². The summed E-state index contributed by atoms with van der Waals surface area (Å²) in [7, 11) is 0. The van der Waals surface area contributed by atoms with E-state index in [0.29, 0.717) is 6.04 Å². The van der Waals surface area contributed by atoms with Crippen molar-refractivity contribution in [2.45, 2.75) is 18.9 Å². The zero-order valence-corrected chi connectivity index (χ0v) is 11.2. The smallest absolute Gasteiger partial charge is 0.195 e. The van der Waals surface area contributed by atoms with E-state index < -0.39 is 0 Å². The number of aromatic nitrogens is 3. The molecule has 2 aromatic carbocycles. The van der Waals surface area contributed by atoms with Gasteiger partial charge in [-0.05, 0) is 35.8 Å². The summed E-state index contributed by atoms with van der Waals surface area (Å²) in [5.41, 5.74) is 1.15. The fourth-order valence-corrected chi connectivity index (χ4v) is 2.87. The van der Waals surface area contributed by atoms with Crippen LogP contribution in [0.1, 0.15) is 18.9 Å². The van der Waals surface area contributed by atoms with Crippen LogP contribution in [0.15, 0.2) is 42.5 Å². The van der Waals surface area contributed by atoms with Gasteiger partial charge in [-0.2, -0.15) is 5.10 Å². The molecule has 0 saturated heterocycles. The van der Waals surface area contributed by atoms with Crippen LogP contribution in [0.4, 0.5) is 0 Å². The van der Waals surface area contributed by atoms with Crippen LogP contribution in [0, 0.1) is 4.77 Å². The molecule has 3 aromatic rings. The van der Waals surface area contributed by atoms with Crippen LogP contribution < -0.4 is 0 Å². The van der Waals surface area contributed by atoms with E-state index in [9.17, 15) is 0 Å². The SMILES string of the molecule is S=c1[nH]nc(-c2cccc3ccccc23)n1C1CC1. The molecule has 1 heterocycles. The normalized spacial score (nSPS) is 14.9. The molecule has 1 aromatic heterocycles. The number of fused-ring (bicyclic) bond motifs is 1. The first kappa shape index (κ1) is 10.9. The number of nitrogens with one attached hydrogen (secondary N) is 1. The van der Waals surface area contributed by atoms with Gasteiger partial charge in [0.25, 0.3) is 0 Å². The van der Waals surface area contributed by atoms with E-state index in [1.807, 2.05) is 0 Å². The molecule has 0 radical (unpaired) electrons. The van der Waals surface area contributed by atoms with E-state index in [1.54, 1.807) is 0 Å². The minimum Gasteiger partial charge on any atom is -0.297 e. The van der Waals surface area contributed by atoms with Gasteiger partial charge in [-0.25, -0.2) is 0 Å². The molecule has 0 atom stereocenters. The van der Waals surface area contributed by atoms with Crippen LogP contribution in [0.2, 0.25) is 0 Å². The average Bonchev–Trinajstić information content (AvgIpc) is 3.21. The molecule has 0 aliphatic heterocycles. The number of rotatable bonds is 2. The molecule has 0 unspecified atom stereocenters. The maximum absolute atomic E-state index is 5.36. The monoisotopic (exact) mass is 267 g/mol. The molecule has 4 heteroatoms. The summed E-state index contributed by atoms with van der Waals surface area (Å²) in [6, 6.07) is 15.2. The Morgan fingerprint density at radius 3 is 2.74 bits per heavy atom. The van der Waals surface area contributed by atoms with Crippen LogP contribution in [0.5, 0.6) is 0 Å². The van der Waals surface area contributed by atoms with Crippen molar-refractivity contribution < 1.29 is 0 Å². The predicted octanol–water partition coefficient (Wildman–Crippen LogP) is 4.10. The van der Waals surface area contributed by atoms with Crippen molar-refractivity contribution in [2.75, 3.05) is 0 Å². The lowest BCUT2D eigenvalue weighted by molar-refractivity contribution is 0.735. The number of aromatic amines is 1. The highest BCUT2D eigenvalue weighted by molar-refractivity contribution is 7.71. The van der Waals surface area contributed by atoms with Crippen LogP contribution in [-0.2, 0) is 0 Å². The number of hydrogen-bond acceptors (Lipinski definition) is 2. The molecule has 1 saturated carbocycles. The first-order valence-corrected chi connectivity index (χ1v) is 6.90. The van der Waals surface area contributed by atoms with Crippen LogP contribution in [0.25, 0.3) is 22.2 Å². The lowest BCUT2D eigenvalue weighted by Crippen LogP contribution is -1.97. The van der Waals surface area contributed by atoms with Crippen molar-refractivity contribution >= 4 is 23.0 Å². The van der Waals surface area contributed by atoms with Gasteiger partial charge in [0, 0.05) is 11.6 Å². The first-order valence-electron chi connectivity index (χ1n) is 6.49. The highest BCUT2D eigenvalue weighted by Crippen LogP contribution is 2.39. The maximum Gasteiger partial charge on any atom is 0.195 e. The Kier molecular flexibility index (Phi) is 2.32. The Balaban J connectivity index is 2.03. The highest BCUT2D eigenvalue weighted by atomic mass is 32.1. The zero-order valence-electron chi connectivity index (χ0n) is 10.3. The summed E-state index contributed by atoms with van der Waals surface area (Å²) in [5, 5.41) is 9.84. The van der Waals surface area contributed by atoms with Crippen LogP contribution in [-0.4, -0.2) is 14.8 Å². The van der Waals surface area contributed by atoms with Crippen molar-refractivity contribution in [3.05, 3.63) is 47.2 Å². The summed E-state index contributed by atoms with van der Waals surface area (Å²) < 4.78 is 2.89. The number of benzene rings is 2. The Bertz CT molecular complexity index is 806. The topological polar surface area (TPSA) is 33.6 Å². The second kappa shape index (κ2) is 4.03. The van der Waals surface area contributed by atoms with Crippen molar-refractivity contribution in [2.24, 2.45) is 0 Å². The van der Waals surface area contributed by atoms with E-state index in [-0.39, 0.29) is 0 Å². The number of hydrogen-bond donors (Lipinski definition) is 1. The van der Waals surface area contributed by atoms with Gasteiger partial charge < -0.3 is 0 Å². The van der Waals surface area contributed by atoms with Crippen molar-refractivity contribution in [1.82, 2.24) is 14.8 Å². The summed E-state index contributed by atoms with van der Waals surface area (Å²) >= 11 is 5.36. The lowest BCUT2D eigenvalue weighted by atomic mass is 10.0. The third kappa shape index (κ3) is 1.71. The lowest BCUT2D eigenvalue weighted by Gasteiger charge is -2.08. The molecule has 0 spiro atoms. The Hall–Kier alpha value is -1.94. The summed E-state index contributed by atoms with van der Waals surface area (Å²) in [6.07, 6.45) is 2.40. The largest absolute Gasteiger partial charge is 0.297 e. The Morgan fingerprint density at radius 2 is 1.89 bits per heavy atom. The Labute approximate surface area is 115 Å². The van der Waals surface area contributed by atoms with E-state index in [0.717, 1.165) is 16.2 Å². The fraction of sp³-hybridized carbons (Fsp3) is 0.200. The van der Waals surface area contributed by atoms with Crippen LogP contribution in [0.3, 0.4) is 0 Å². The molecule has 1 aliphatic carbocycles. The van der Waals surface area contributed by atoms with E-state index in [1.165, 1.54) is 23.6 Å². The van der Waals surface area contributed by atoms with Gasteiger partial charge in [0.15, 0.2) is 10.6 Å². The third-order valence-corrected chi connectivity index (χ3v) is 3.93. The third-order valence-electron chi connectivity index (χ3n) is 3.65. The van der Waals surface area contributed by atoms with Crippen molar-refractivity contribution in [1.29, 1.82) is 0 Å². The molecular weight excluding hydrogens is 254 g/mol. The molecule has 1 fully saturated rings. The standard InChI is InChI=1S/C15H13N3S/c19-15-17-16-14(18(15)11-8-9-11)13-7-3-5-10-4-1-2-6-12(10)13/h1-7,11H,8-9H2,(H,17,19). The molecular formula is C15H13N3S. The molecule has 0 amide bonds. The minimum absolute atomic E-state index is 0.528. The quantitative estimate of drug-likeness (QED) is 0.709. The van der Waals surface area contributed by atoms with E-state index in [2.05, 4.69) is 57.2 Å². The summed E-state index contributed by atoms with van der Waals surface area (Å²) in [4.78, 5) is 0. The second-order valence-electron chi connectivity index (χ2n) is 4.98. The summed E-state index contributed by atoms with van der Waals surface area (Å²) in [5.74, 6) is 0.962. The maximum atomic E-state index is 5.36. The van der Waals surface area contributed by atoms with Crippen molar-refractivity contribution in [3.63, 3.8) is 0 Å². The average molecular weight is 267 g/mol. The van der Waals surface area contributed by atoms with Gasteiger partial charge in [0.05, 0.1) is 0 Å².